The van der Waals surface area contributed by atoms with Gasteiger partial charge in [-0.25, -0.2) is 8.78 Å². The Morgan fingerprint density at radius 2 is 1.90 bits per heavy atom. The monoisotopic (exact) mass is 357 g/mol. The van der Waals surface area contributed by atoms with Gasteiger partial charge in [0.05, 0.1) is 17.2 Å². The van der Waals surface area contributed by atoms with Crippen molar-refractivity contribution in [2.75, 3.05) is 20.6 Å². The third kappa shape index (κ3) is 3.74. The van der Waals surface area contributed by atoms with Crippen molar-refractivity contribution in [1.29, 1.82) is 0 Å². The molecule has 1 heterocycles. The van der Waals surface area contributed by atoms with Gasteiger partial charge in [-0.15, -0.1) is 0 Å². The summed E-state index contributed by atoms with van der Waals surface area (Å²) in [6.07, 6.45) is 1.50. The molecule has 1 aromatic carbocycles. The molecule has 0 saturated heterocycles. The normalized spacial score (nSPS) is 11.1. The average molecular weight is 358 g/mol. The fraction of sp³-hybridized carbons (Fsp3) is 0.286. The van der Waals surface area contributed by atoms with E-state index in [1.54, 1.807) is 0 Å². The van der Waals surface area contributed by atoms with E-state index >= 15 is 0 Å². The van der Waals surface area contributed by atoms with Crippen molar-refractivity contribution in [2.45, 2.75) is 6.54 Å². The topological polar surface area (TPSA) is 38.1 Å². The van der Waals surface area contributed by atoms with E-state index in [0.717, 1.165) is 18.2 Å². The van der Waals surface area contributed by atoms with Crippen molar-refractivity contribution < 1.29 is 13.6 Å². The number of hydrogen-bond acceptors (Lipinski definition) is 3. The van der Waals surface area contributed by atoms with E-state index in [1.165, 1.54) is 10.9 Å². The van der Waals surface area contributed by atoms with Crippen molar-refractivity contribution >= 4 is 21.7 Å². The lowest BCUT2D eigenvalue weighted by molar-refractivity contribution is 0.102. The first-order chi connectivity index (χ1) is 9.88. The molecular formula is C14H14BrF2N3O. The van der Waals surface area contributed by atoms with Crippen molar-refractivity contribution in [1.82, 2.24) is 14.7 Å². The van der Waals surface area contributed by atoms with Gasteiger partial charge in [-0.05, 0) is 42.2 Å². The molecule has 0 bridgehead atoms. The van der Waals surface area contributed by atoms with Gasteiger partial charge in [-0.2, -0.15) is 5.10 Å². The Kier molecular flexibility index (Phi) is 4.84. The molecule has 112 valence electrons. The summed E-state index contributed by atoms with van der Waals surface area (Å²) in [5.41, 5.74) is 0.238. The summed E-state index contributed by atoms with van der Waals surface area (Å²) < 4.78 is 28.5. The maximum Gasteiger partial charge on any atom is 0.212 e. The molecule has 4 nitrogen and oxygen atoms in total. The first-order valence-electron chi connectivity index (χ1n) is 6.25. The van der Waals surface area contributed by atoms with Crippen LogP contribution in [0.1, 0.15) is 16.1 Å². The zero-order chi connectivity index (χ0) is 15.6. The molecular weight excluding hydrogens is 344 g/mol. The summed E-state index contributed by atoms with van der Waals surface area (Å²) in [5, 5.41) is 4.11. The van der Waals surface area contributed by atoms with E-state index in [2.05, 4.69) is 21.0 Å². The van der Waals surface area contributed by atoms with Crippen LogP contribution in [0.4, 0.5) is 8.78 Å². The molecule has 0 saturated carbocycles. The van der Waals surface area contributed by atoms with Gasteiger partial charge < -0.3 is 4.90 Å². The van der Waals surface area contributed by atoms with Crippen LogP contribution in [0.3, 0.4) is 0 Å². The van der Waals surface area contributed by atoms with E-state index in [1.807, 2.05) is 19.0 Å². The molecule has 0 N–H and O–H groups in total. The maximum absolute atomic E-state index is 13.3. The highest BCUT2D eigenvalue weighted by Gasteiger charge is 2.20. The molecule has 1 aromatic heterocycles. The van der Waals surface area contributed by atoms with E-state index in [4.69, 9.17) is 0 Å². The molecule has 0 unspecified atom stereocenters. The lowest BCUT2D eigenvalue weighted by Crippen LogP contribution is -2.22. The molecule has 0 atom stereocenters. The third-order valence-electron chi connectivity index (χ3n) is 2.89. The number of benzene rings is 1. The molecule has 2 aromatic rings. The number of rotatable bonds is 5. The van der Waals surface area contributed by atoms with Crippen LogP contribution in [-0.2, 0) is 6.54 Å². The number of carbonyl (C=O) groups is 1. The van der Waals surface area contributed by atoms with Gasteiger partial charge in [0.25, 0.3) is 0 Å². The van der Waals surface area contributed by atoms with Crippen molar-refractivity contribution in [2.24, 2.45) is 0 Å². The first kappa shape index (κ1) is 15.8. The molecule has 0 aliphatic rings. The Labute approximate surface area is 129 Å². The SMILES string of the molecule is CN(C)CCn1ncc(Br)c1C(=O)c1cc(F)cc(F)c1. The maximum atomic E-state index is 13.3. The zero-order valence-corrected chi connectivity index (χ0v) is 13.2. The number of aromatic nitrogens is 2. The van der Waals surface area contributed by atoms with Crippen LogP contribution < -0.4 is 0 Å². The molecule has 0 fully saturated rings. The molecule has 0 aliphatic heterocycles. The van der Waals surface area contributed by atoms with Crippen molar-refractivity contribution in [3.8, 4) is 0 Å². The number of likely N-dealkylation sites (N-methyl/N-ethyl adjacent to an activating group) is 1. The highest BCUT2D eigenvalue weighted by molar-refractivity contribution is 9.10. The van der Waals surface area contributed by atoms with Crippen LogP contribution in [0, 0.1) is 11.6 Å². The number of hydrogen-bond donors (Lipinski definition) is 0. The second kappa shape index (κ2) is 6.44. The molecule has 7 heteroatoms. The Morgan fingerprint density at radius 3 is 2.48 bits per heavy atom. The number of nitrogens with zero attached hydrogens (tertiary/aromatic N) is 3. The van der Waals surface area contributed by atoms with Crippen LogP contribution in [0.15, 0.2) is 28.9 Å². The summed E-state index contributed by atoms with van der Waals surface area (Å²) in [5.74, 6) is -2.04. The Balaban J connectivity index is 2.36. The van der Waals surface area contributed by atoms with E-state index < -0.39 is 17.4 Å². The third-order valence-corrected chi connectivity index (χ3v) is 3.47. The fourth-order valence-electron chi connectivity index (χ4n) is 1.87. The predicted octanol–water partition coefficient (Wildman–Crippen LogP) is 2.72. The number of halogens is 3. The van der Waals surface area contributed by atoms with E-state index in [9.17, 15) is 13.6 Å². The van der Waals surface area contributed by atoms with Gasteiger partial charge in [0.1, 0.15) is 17.3 Å². The quantitative estimate of drug-likeness (QED) is 0.772. The van der Waals surface area contributed by atoms with Crippen molar-refractivity contribution in [3.05, 3.63) is 51.8 Å². The van der Waals surface area contributed by atoms with Gasteiger partial charge in [0, 0.05) is 18.2 Å². The van der Waals surface area contributed by atoms with Gasteiger partial charge in [0.2, 0.25) is 5.78 Å². The first-order valence-corrected chi connectivity index (χ1v) is 7.04. The average Bonchev–Trinajstić information content (AvgIpc) is 2.75. The minimum absolute atomic E-state index is 0.0418. The molecule has 0 aliphatic carbocycles. The smallest absolute Gasteiger partial charge is 0.212 e. The molecule has 0 radical (unpaired) electrons. The number of carbonyl (C=O) groups excluding carboxylic acids is 1. The van der Waals surface area contributed by atoms with E-state index in [-0.39, 0.29) is 11.3 Å². The second-order valence-electron chi connectivity index (χ2n) is 4.85. The summed E-state index contributed by atoms with van der Waals surface area (Å²) in [7, 11) is 3.81. The zero-order valence-electron chi connectivity index (χ0n) is 11.6. The minimum Gasteiger partial charge on any atom is -0.308 e. The van der Waals surface area contributed by atoms with Gasteiger partial charge >= 0.3 is 0 Å². The number of ketones is 1. The summed E-state index contributed by atoms with van der Waals surface area (Å²) in [6, 6.07) is 2.76. The molecule has 0 amide bonds. The highest BCUT2D eigenvalue weighted by Crippen LogP contribution is 2.21. The largest absolute Gasteiger partial charge is 0.308 e. The molecule has 0 spiro atoms. The molecule has 2 rings (SSSR count). The Morgan fingerprint density at radius 1 is 1.29 bits per heavy atom. The predicted molar refractivity (Wildman–Crippen MR) is 78.3 cm³/mol. The van der Waals surface area contributed by atoms with Crippen molar-refractivity contribution in [3.63, 3.8) is 0 Å². The molecule has 21 heavy (non-hydrogen) atoms. The summed E-state index contributed by atoms with van der Waals surface area (Å²) in [6.45, 7) is 1.18. The lowest BCUT2D eigenvalue weighted by atomic mass is 10.1. The second-order valence-corrected chi connectivity index (χ2v) is 5.71. The highest BCUT2D eigenvalue weighted by atomic mass is 79.9. The lowest BCUT2D eigenvalue weighted by Gasteiger charge is -2.12. The Hall–Kier alpha value is -1.60. The Bertz CT molecular complexity index is 650. The van der Waals surface area contributed by atoms with Crippen LogP contribution in [0.2, 0.25) is 0 Å². The van der Waals surface area contributed by atoms with Crippen LogP contribution in [0.5, 0.6) is 0 Å². The van der Waals surface area contributed by atoms with Gasteiger partial charge in [-0.1, -0.05) is 0 Å². The summed E-state index contributed by atoms with van der Waals surface area (Å²) >= 11 is 3.25. The fourth-order valence-corrected chi connectivity index (χ4v) is 2.35. The van der Waals surface area contributed by atoms with Crippen LogP contribution >= 0.6 is 15.9 Å². The summed E-state index contributed by atoms with van der Waals surface area (Å²) in [4.78, 5) is 14.4. The standard InChI is InChI=1S/C14H14BrF2N3O/c1-19(2)3-4-20-13(12(15)8-18-20)14(21)9-5-10(16)7-11(17)6-9/h5-8H,3-4H2,1-2H3. The van der Waals surface area contributed by atoms with E-state index in [0.29, 0.717) is 17.6 Å². The van der Waals surface area contributed by atoms with Crippen LogP contribution in [0.25, 0.3) is 0 Å². The van der Waals surface area contributed by atoms with Crippen LogP contribution in [-0.4, -0.2) is 41.1 Å². The van der Waals surface area contributed by atoms with Gasteiger partial charge in [0.15, 0.2) is 0 Å². The van der Waals surface area contributed by atoms with Gasteiger partial charge in [-0.3, -0.25) is 9.48 Å². The minimum atomic E-state index is -0.783.